The minimum absolute atomic E-state index is 0. The smallest absolute Gasteiger partial charge is 0.192 e. The van der Waals surface area contributed by atoms with Crippen LogP contribution in [0, 0.1) is 11.2 Å². The van der Waals surface area contributed by atoms with Gasteiger partial charge in [-0.3, -0.25) is 5.41 Å². The summed E-state index contributed by atoms with van der Waals surface area (Å²) in [7, 11) is 0. The largest absolute Gasteiger partial charge is 0.357 e. The first-order valence-electron chi connectivity index (χ1n) is 4.75. The van der Waals surface area contributed by atoms with Crippen LogP contribution in [0.3, 0.4) is 0 Å². The third kappa shape index (κ3) is 5.72. The van der Waals surface area contributed by atoms with E-state index in [0.29, 0.717) is 17.8 Å². The van der Waals surface area contributed by atoms with Crippen molar-refractivity contribution in [2.45, 2.75) is 13.5 Å². The third-order valence-electron chi connectivity index (χ3n) is 1.89. The van der Waals surface area contributed by atoms with E-state index in [4.69, 9.17) is 11.1 Å². The van der Waals surface area contributed by atoms with Crippen molar-refractivity contribution in [3.05, 3.63) is 29.6 Å². The van der Waals surface area contributed by atoms with Gasteiger partial charge in [-0.15, -0.1) is 24.8 Å². The van der Waals surface area contributed by atoms with E-state index < -0.39 is 0 Å². The maximum Gasteiger partial charge on any atom is 0.192 e. The molecule has 0 amide bonds. The first-order chi connectivity index (χ1) is 7.17. The number of rotatable bonds is 3. The maximum atomic E-state index is 13.1. The van der Waals surface area contributed by atoms with Gasteiger partial charge in [0.15, 0.2) is 5.96 Å². The Morgan fingerprint density at radius 2 is 2.06 bits per heavy atom. The van der Waals surface area contributed by atoms with E-state index >= 15 is 0 Å². The molecule has 0 fully saturated rings. The average molecular weight is 283 g/mol. The second-order valence-electron chi connectivity index (χ2n) is 3.04. The lowest BCUT2D eigenvalue weighted by Crippen LogP contribution is -2.29. The number of nitrogens with one attached hydrogen (secondary N) is 3. The van der Waals surface area contributed by atoms with Gasteiger partial charge in [0.1, 0.15) is 5.82 Å². The van der Waals surface area contributed by atoms with Crippen LogP contribution >= 0.6 is 24.8 Å². The van der Waals surface area contributed by atoms with Crippen LogP contribution in [0.15, 0.2) is 18.2 Å². The Balaban J connectivity index is 0. The Bertz CT molecular complexity index is 360. The molecule has 0 heterocycles. The molecule has 17 heavy (non-hydrogen) atoms. The number of hydrogen-bond acceptors (Lipinski definition) is 2. The summed E-state index contributed by atoms with van der Waals surface area (Å²) < 4.78 is 13.1. The van der Waals surface area contributed by atoms with Gasteiger partial charge in [0.2, 0.25) is 0 Å². The molecule has 0 aliphatic carbocycles. The van der Waals surface area contributed by atoms with Crippen LogP contribution in [0.2, 0.25) is 0 Å². The predicted molar refractivity (Wildman–Crippen MR) is 73.8 cm³/mol. The molecule has 0 radical (unpaired) electrons. The zero-order valence-electron chi connectivity index (χ0n) is 9.42. The Kier molecular flexibility index (Phi) is 9.74. The molecule has 0 aliphatic rings. The molecule has 1 rings (SSSR count). The van der Waals surface area contributed by atoms with Gasteiger partial charge in [-0.25, -0.2) is 4.39 Å². The first-order valence-corrected chi connectivity index (χ1v) is 4.75. The Morgan fingerprint density at radius 3 is 2.59 bits per heavy atom. The molecule has 7 heteroatoms. The van der Waals surface area contributed by atoms with Crippen molar-refractivity contribution in [2.24, 2.45) is 5.73 Å². The van der Waals surface area contributed by atoms with Crippen LogP contribution in [-0.4, -0.2) is 12.5 Å². The zero-order chi connectivity index (χ0) is 11.3. The zero-order valence-corrected chi connectivity index (χ0v) is 11.1. The molecular formula is C10H17Cl2FN4. The van der Waals surface area contributed by atoms with Crippen molar-refractivity contribution in [3.63, 3.8) is 0 Å². The SMILES string of the molecule is CCNC(=N)Nc1ccc(F)c(CN)c1.Cl.Cl. The number of benzene rings is 1. The van der Waals surface area contributed by atoms with Gasteiger partial charge in [0.25, 0.3) is 0 Å². The van der Waals surface area contributed by atoms with Crippen LogP contribution in [-0.2, 0) is 6.54 Å². The van der Waals surface area contributed by atoms with Crippen LogP contribution in [0.4, 0.5) is 10.1 Å². The van der Waals surface area contributed by atoms with Gasteiger partial charge in [-0.2, -0.15) is 0 Å². The second-order valence-corrected chi connectivity index (χ2v) is 3.04. The summed E-state index contributed by atoms with van der Waals surface area (Å²) in [6.45, 7) is 2.71. The monoisotopic (exact) mass is 282 g/mol. The Hall–Kier alpha value is -1.04. The minimum Gasteiger partial charge on any atom is -0.357 e. The van der Waals surface area contributed by atoms with E-state index in [1.807, 2.05) is 6.92 Å². The average Bonchev–Trinajstić information content (AvgIpc) is 2.21. The fourth-order valence-corrected chi connectivity index (χ4v) is 1.17. The molecule has 0 saturated carbocycles. The van der Waals surface area contributed by atoms with Crippen molar-refractivity contribution >= 4 is 36.5 Å². The topological polar surface area (TPSA) is 73.9 Å². The summed E-state index contributed by atoms with van der Waals surface area (Å²) in [6, 6.07) is 4.51. The lowest BCUT2D eigenvalue weighted by atomic mass is 10.2. The number of nitrogens with two attached hydrogens (primary N) is 1. The molecule has 0 atom stereocenters. The molecule has 0 bridgehead atoms. The van der Waals surface area contributed by atoms with E-state index in [-0.39, 0.29) is 43.1 Å². The molecule has 1 aromatic rings. The Morgan fingerprint density at radius 1 is 1.41 bits per heavy atom. The first kappa shape index (κ1) is 18.3. The number of anilines is 1. The number of guanidine groups is 1. The van der Waals surface area contributed by atoms with E-state index in [2.05, 4.69) is 10.6 Å². The molecule has 0 aromatic heterocycles. The minimum atomic E-state index is -0.321. The van der Waals surface area contributed by atoms with Crippen LogP contribution < -0.4 is 16.4 Å². The lowest BCUT2D eigenvalue weighted by molar-refractivity contribution is 0.611. The van der Waals surface area contributed by atoms with Gasteiger partial charge in [0, 0.05) is 24.3 Å². The van der Waals surface area contributed by atoms with Crippen molar-refractivity contribution in [1.82, 2.24) is 5.32 Å². The maximum absolute atomic E-state index is 13.1. The van der Waals surface area contributed by atoms with Crippen molar-refractivity contribution in [3.8, 4) is 0 Å². The molecule has 98 valence electrons. The van der Waals surface area contributed by atoms with Gasteiger partial charge >= 0.3 is 0 Å². The highest BCUT2D eigenvalue weighted by Crippen LogP contribution is 2.13. The van der Waals surface area contributed by atoms with Crippen molar-refractivity contribution < 1.29 is 4.39 Å². The predicted octanol–water partition coefficient (Wildman–Crippen LogP) is 2.08. The second kappa shape index (κ2) is 9.04. The Labute approximate surface area is 112 Å². The number of halogens is 3. The molecule has 0 saturated heterocycles. The van der Waals surface area contributed by atoms with E-state index in [1.165, 1.54) is 6.07 Å². The summed E-state index contributed by atoms with van der Waals surface area (Å²) >= 11 is 0. The van der Waals surface area contributed by atoms with E-state index in [9.17, 15) is 4.39 Å². The van der Waals surface area contributed by atoms with Crippen molar-refractivity contribution in [2.75, 3.05) is 11.9 Å². The highest BCUT2D eigenvalue weighted by molar-refractivity contribution is 5.91. The van der Waals surface area contributed by atoms with Crippen LogP contribution in [0.5, 0.6) is 0 Å². The summed E-state index contributed by atoms with van der Waals surface area (Å²) in [4.78, 5) is 0. The summed E-state index contributed by atoms with van der Waals surface area (Å²) in [5.41, 5.74) is 6.46. The highest BCUT2D eigenvalue weighted by atomic mass is 35.5. The molecule has 1 aromatic carbocycles. The molecule has 0 aliphatic heterocycles. The van der Waals surface area contributed by atoms with E-state index in [1.54, 1.807) is 12.1 Å². The van der Waals surface area contributed by atoms with Gasteiger partial charge in [-0.1, -0.05) is 0 Å². The summed E-state index contributed by atoms with van der Waals surface area (Å²) in [5.74, 6) is -0.134. The molecule has 0 unspecified atom stereocenters. The van der Waals surface area contributed by atoms with Crippen LogP contribution in [0.25, 0.3) is 0 Å². The standard InChI is InChI=1S/C10H15FN4.2ClH/c1-2-14-10(13)15-8-3-4-9(11)7(5-8)6-12;;/h3-5H,2,6,12H2,1H3,(H3,13,14,15);2*1H. The summed E-state index contributed by atoms with van der Waals surface area (Å²) in [6.07, 6.45) is 0. The number of hydrogen-bond donors (Lipinski definition) is 4. The fraction of sp³-hybridized carbons (Fsp3) is 0.300. The van der Waals surface area contributed by atoms with Crippen molar-refractivity contribution in [1.29, 1.82) is 5.41 Å². The van der Waals surface area contributed by atoms with Gasteiger partial charge in [-0.05, 0) is 25.1 Å². The quantitative estimate of drug-likeness (QED) is 0.507. The van der Waals surface area contributed by atoms with Gasteiger partial charge in [0.05, 0.1) is 0 Å². The molecular weight excluding hydrogens is 266 g/mol. The van der Waals surface area contributed by atoms with Gasteiger partial charge < -0.3 is 16.4 Å². The molecule has 0 spiro atoms. The summed E-state index contributed by atoms with van der Waals surface area (Å²) in [5, 5.41) is 13.0. The third-order valence-corrected chi connectivity index (χ3v) is 1.89. The normalized spacial score (nSPS) is 8.65. The molecule has 4 nitrogen and oxygen atoms in total. The van der Waals surface area contributed by atoms with Crippen LogP contribution in [0.1, 0.15) is 12.5 Å². The van der Waals surface area contributed by atoms with E-state index in [0.717, 1.165) is 0 Å². The highest BCUT2D eigenvalue weighted by Gasteiger charge is 2.02. The fourth-order valence-electron chi connectivity index (χ4n) is 1.17. The molecule has 5 N–H and O–H groups in total. The lowest BCUT2D eigenvalue weighted by Gasteiger charge is -2.09.